The first kappa shape index (κ1) is 6.03. The third kappa shape index (κ3) is 1.69. The number of rotatable bonds is 1. The minimum atomic E-state index is -1.31. The summed E-state index contributed by atoms with van der Waals surface area (Å²) in [6, 6.07) is 0. The fourth-order valence-corrected chi connectivity index (χ4v) is 0.807. The van der Waals surface area contributed by atoms with Gasteiger partial charge in [-0.1, -0.05) is 11.3 Å². The van der Waals surface area contributed by atoms with Crippen molar-refractivity contribution in [3.8, 4) is 5.06 Å². The van der Waals surface area contributed by atoms with Gasteiger partial charge in [-0.25, -0.2) is 9.78 Å². The van der Waals surface area contributed by atoms with Crippen LogP contribution in [0.3, 0.4) is 0 Å². The molecule has 0 unspecified atom stereocenters. The van der Waals surface area contributed by atoms with Crippen molar-refractivity contribution < 1.29 is 14.6 Å². The van der Waals surface area contributed by atoms with Crippen molar-refractivity contribution in [1.29, 1.82) is 0 Å². The predicted molar refractivity (Wildman–Crippen MR) is 30.8 cm³/mol. The summed E-state index contributed by atoms with van der Waals surface area (Å²) in [5.41, 5.74) is 1.50. The largest absolute Gasteiger partial charge is 0.512 e. The number of aromatic nitrogens is 1. The number of hydrogen-bond donors (Lipinski definition) is 1. The molecule has 0 amide bonds. The number of nitrogens with zero attached hydrogens (tertiary/aromatic N) is 1. The normalized spacial score (nSPS) is 8.89. The number of carbonyl (C=O) groups is 1. The maximum atomic E-state index is 9.82. The first-order chi connectivity index (χ1) is 4.29. The highest BCUT2D eigenvalue weighted by Gasteiger charge is 1.99. The third-order valence-electron chi connectivity index (χ3n) is 0.598. The molecule has 1 heterocycles. The molecule has 0 atom stereocenters. The van der Waals surface area contributed by atoms with Crippen LogP contribution in [0, 0.1) is 0 Å². The van der Waals surface area contributed by atoms with Crippen LogP contribution < -0.4 is 4.74 Å². The molecule has 0 saturated carbocycles. The second-order valence-corrected chi connectivity index (χ2v) is 2.04. The molecule has 48 valence electrons. The molecule has 0 radical (unpaired) electrons. The van der Waals surface area contributed by atoms with Gasteiger partial charge in [0.2, 0.25) is 5.06 Å². The maximum absolute atomic E-state index is 9.82. The second kappa shape index (κ2) is 2.45. The molecule has 1 aromatic heterocycles. The average molecular weight is 145 g/mol. The van der Waals surface area contributed by atoms with Gasteiger partial charge in [-0.15, -0.1) is 0 Å². The van der Waals surface area contributed by atoms with Crippen LogP contribution in [0.5, 0.6) is 5.06 Å². The number of carboxylic acid groups (broad SMARTS) is 1. The quantitative estimate of drug-likeness (QED) is 0.603. The molecule has 9 heavy (non-hydrogen) atoms. The van der Waals surface area contributed by atoms with E-state index in [1.165, 1.54) is 11.7 Å². The lowest BCUT2D eigenvalue weighted by molar-refractivity contribution is 0.146. The number of thiazole rings is 1. The van der Waals surface area contributed by atoms with Gasteiger partial charge in [0, 0.05) is 0 Å². The minimum Gasteiger partial charge on any atom is -0.449 e. The van der Waals surface area contributed by atoms with E-state index in [0.717, 1.165) is 11.3 Å². The van der Waals surface area contributed by atoms with Gasteiger partial charge in [0.25, 0.3) is 0 Å². The fourth-order valence-electron chi connectivity index (χ4n) is 0.341. The Morgan fingerprint density at radius 1 is 1.89 bits per heavy atom. The van der Waals surface area contributed by atoms with Gasteiger partial charge in [0.1, 0.15) is 0 Å². The van der Waals surface area contributed by atoms with Crippen LogP contribution in [-0.4, -0.2) is 16.2 Å². The van der Waals surface area contributed by atoms with Crippen molar-refractivity contribution in [2.75, 3.05) is 0 Å². The molecule has 0 aromatic carbocycles. The number of hydrogen-bond acceptors (Lipinski definition) is 4. The van der Waals surface area contributed by atoms with Gasteiger partial charge in [0.15, 0.2) is 0 Å². The Hall–Kier alpha value is -1.10. The third-order valence-corrected chi connectivity index (χ3v) is 1.25. The first-order valence-corrected chi connectivity index (χ1v) is 2.96. The zero-order valence-corrected chi connectivity index (χ0v) is 5.09. The van der Waals surface area contributed by atoms with Gasteiger partial charge in [0.05, 0.1) is 11.7 Å². The molecule has 0 aliphatic heterocycles. The predicted octanol–water partition coefficient (Wildman–Crippen LogP) is 1.20. The lowest BCUT2D eigenvalue weighted by atomic mass is 10.9. The van der Waals surface area contributed by atoms with E-state index in [4.69, 9.17) is 5.11 Å². The molecule has 1 aromatic rings. The zero-order chi connectivity index (χ0) is 6.69. The monoisotopic (exact) mass is 145 g/mol. The number of ether oxygens (including phenoxy) is 1. The van der Waals surface area contributed by atoms with Crippen molar-refractivity contribution in [1.82, 2.24) is 4.98 Å². The highest BCUT2D eigenvalue weighted by atomic mass is 32.1. The molecule has 4 nitrogen and oxygen atoms in total. The molecule has 0 bridgehead atoms. The maximum Gasteiger partial charge on any atom is 0.512 e. The highest BCUT2D eigenvalue weighted by molar-refractivity contribution is 7.11. The van der Waals surface area contributed by atoms with Gasteiger partial charge >= 0.3 is 6.16 Å². The molecule has 0 spiro atoms. The molecule has 5 heteroatoms. The van der Waals surface area contributed by atoms with E-state index < -0.39 is 6.16 Å². The van der Waals surface area contributed by atoms with Crippen molar-refractivity contribution >= 4 is 17.5 Å². The second-order valence-electron chi connectivity index (χ2n) is 1.19. The van der Waals surface area contributed by atoms with Gasteiger partial charge in [-0.3, -0.25) is 0 Å². The van der Waals surface area contributed by atoms with Crippen molar-refractivity contribution in [2.24, 2.45) is 0 Å². The smallest absolute Gasteiger partial charge is 0.449 e. The van der Waals surface area contributed by atoms with E-state index in [1.54, 1.807) is 0 Å². The van der Waals surface area contributed by atoms with E-state index in [0.29, 0.717) is 5.06 Å². The van der Waals surface area contributed by atoms with E-state index in [9.17, 15) is 4.79 Å². The Bertz CT molecular complexity index is 196. The minimum absolute atomic E-state index is 0.294. The first-order valence-electron chi connectivity index (χ1n) is 2.08. The standard InChI is InChI=1S/C4H3NO3S/c6-4(7)8-3-1-5-2-9-3/h1-2H,(H,6,7). The SMILES string of the molecule is O=C(O)Oc1cncs1. The molecule has 0 aliphatic rings. The highest BCUT2D eigenvalue weighted by Crippen LogP contribution is 2.14. The molecule has 1 rings (SSSR count). The van der Waals surface area contributed by atoms with Crippen LogP contribution in [0.4, 0.5) is 4.79 Å². The van der Waals surface area contributed by atoms with Gasteiger partial charge in [-0.05, 0) is 0 Å². The van der Waals surface area contributed by atoms with Crippen LogP contribution >= 0.6 is 11.3 Å². The summed E-state index contributed by atoms with van der Waals surface area (Å²) in [6.07, 6.45) is 0.0398. The molecular weight excluding hydrogens is 142 g/mol. The Morgan fingerprint density at radius 2 is 2.67 bits per heavy atom. The molecule has 0 fully saturated rings. The Balaban J connectivity index is 2.58. The van der Waals surface area contributed by atoms with E-state index in [1.807, 2.05) is 0 Å². The summed E-state index contributed by atoms with van der Waals surface area (Å²) in [7, 11) is 0. The van der Waals surface area contributed by atoms with Crippen LogP contribution in [0.2, 0.25) is 0 Å². The Morgan fingerprint density at radius 3 is 3.11 bits per heavy atom. The molecular formula is C4H3NO3S. The van der Waals surface area contributed by atoms with Crippen LogP contribution in [-0.2, 0) is 0 Å². The van der Waals surface area contributed by atoms with E-state index in [2.05, 4.69) is 9.72 Å². The summed E-state index contributed by atoms with van der Waals surface area (Å²) in [4.78, 5) is 13.4. The molecule has 0 aliphatic carbocycles. The molecule has 0 saturated heterocycles. The van der Waals surface area contributed by atoms with Gasteiger partial charge < -0.3 is 9.84 Å². The van der Waals surface area contributed by atoms with Crippen molar-refractivity contribution in [3.05, 3.63) is 11.7 Å². The molecule has 1 N–H and O–H groups in total. The fraction of sp³-hybridized carbons (Fsp3) is 0. The van der Waals surface area contributed by atoms with E-state index >= 15 is 0 Å². The average Bonchev–Trinajstić information content (AvgIpc) is 2.15. The Labute approximate surface area is 54.7 Å². The lowest BCUT2D eigenvalue weighted by Crippen LogP contribution is -2.00. The van der Waals surface area contributed by atoms with Crippen molar-refractivity contribution in [3.63, 3.8) is 0 Å². The van der Waals surface area contributed by atoms with Crippen LogP contribution in [0.15, 0.2) is 11.7 Å². The van der Waals surface area contributed by atoms with Crippen LogP contribution in [0.25, 0.3) is 0 Å². The topological polar surface area (TPSA) is 59.4 Å². The summed E-state index contributed by atoms with van der Waals surface area (Å²) < 4.78 is 4.23. The summed E-state index contributed by atoms with van der Waals surface area (Å²) in [5, 5.41) is 8.34. The zero-order valence-electron chi connectivity index (χ0n) is 4.27. The van der Waals surface area contributed by atoms with Gasteiger partial charge in [-0.2, -0.15) is 0 Å². The Kier molecular flexibility index (Phi) is 1.64. The van der Waals surface area contributed by atoms with E-state index in [-0.39, 0.29) is 0 Å². The van der Waals surface area contributed by atoms with Crippen molar-refractivity contribution in [2.45, 2.75) is 0 Å². The van der Waals surface area contributed by atoms with Crippen LogP contribution in [0.1, 0.15) is 0 Å². The summed E-state index contributed by atoms with van der Waals surface area (Å²) in [6.45, 7) is 0. The lowest BCUT2D eigenvalue weighted by Gasteiger charge is -1.88. The summed E-state index contributed by atoms with van der Waals surface area (Å²) in [5.74, 6) is 0. The summed E-state index contributed by atoms with van der Waals surface area (Å²) >= 11 is 1.14.